The molecule has 0 radical (unpaired) electrons. The third-order valence-electron chi connectivity index (χ3n) is 4.52. The van der Waals surface area contributed by atoms with Crippen LogP contribution in [-0.4, -0.2) is 55.5 Å². The molecule has 0 bridgehead atoms. The van der Waals surface area contributed by atoms with Gasteiger partial charge in [0, 0.05) is 24.7 Å². The molecule has 0 atom stereocenters. The number of aliphatic hydroxyl groups excluding tert-OH is 1. The van der Waals surface area contributed by atoms with Crippen LogP contribution in [-0.2, 0) is 18.0 Å². The number of nitrogens with zero attached hydrogens (tertiary/aromatic N) is 4. The van der Waals surface area contributed by atoms with Gasteiger partial charge in [-0.1, -0.05) is 5.16 Å². The van der Waals surface area contributed by atoms with Gasteiger partial charge in [0.05, 0.1) is 18.4 Å². The van der Waals surface area contributed by atoms with Gasteiger partial charge in [0.1, 0.15) is 12.2 Å². The van der Waals surface area contributed by atoms with E-state index in [4.69, 9.17) is 18.8 Å². The summed E-state index contributed by atoms with van der Waals surface area (Å²) in [6.07, 6.45) is 1.90. The molecule has 0 unspecified atom stereocenters. The van der Waals surface area contributed by atoms with Crippen molar-refractivity contribution < 1.29 is 28.7 Å². The fourth-order valence-electron chi connectivity index (χ4n) is 3.07. The molecule has 1 fully saturated rings. The number of aliphatic hydroxyl groups is 1. The number of furan rings is 1. The van der Waals surface area contributed by atoms with Crippen LogP contribution in [0, 0.1) is 0 Å². The first-order chi connectivity index (χ1) is 13.1. The van der Waals surface area contributed by atoms with Gasteiger partial charge in [-0.25, -0.2) is 4.79 Å². The van der Waals surface area contributed by atoms with Crippen molar-refractivity contribution in [2.24, 2.45) is 0 Å². The molecule has 4 rings (SSSR count). The van der Waals surface area contributed by atoms with E-state index in [0.717, 1.165) is 0 Å². The van der Waals surface area contributed by atoms with E-state index in [2.05, 4.69) is 15.1 Å². The Balaban J connectivity index is 1.40. The molecule has 4 heterocycles. The average molecular weight is 374 g/mol. The maximum Gasteiger partial charge on any atom is 0.407 e. The average Bonchev–Trinajstić information content (AvgIpc) is 3.33. The molecule has 142 valence electrons. The van der Waals surface area contributed by atoms with Crippen molar-refractivity contribution in [1.29, 1.82) is 0 Å². The van der Waals surface area contributed by atoms with Crippen LogP contribution in [0.4, 0.5) is 4.79 Å². The largest absolute Gasteiger partial charge is 0.465 e. The Labute approximate surface area is 153 Å². The molecule has 10 nitrogen and oxygen atoms in total. The normalized spacial score (nSPS) is 15.5. The van der Waals surface area contributed by atoms with Gasteiger partial charge < -0.3 is 28.8 Å². The van der Waals surface area contributed by atoms with Crippen molar-refractivity contribution in [3.8, 4) is 11.7 Å². The van der Waals surface area contributed by atoms with Crippen LogP contribution in [0.15, 0.2) is 27.3 Å². The predicted molar refractivity (Wildman–Crippen MR) is 90.6 cm³/mol. The van der Waals surface area contributed by atoms with Crippen molar-refractivity contribution in [2.45, 2.75) is 32.2 Å². The Bertz CT molecular complexity index is 944. The van der Waals surface area contributed by atoms with Gasteiger partial charge in [-0.15, -0.1) is 0 Å². The quantitative estimate of drug-likeness (QED) is 0.687. The summed E-state index contributed by atoms with van der Waals surface area (Å²) in [7, 11) is 0. The second kappa shape index (κ2) is 7.33. The molecule has 3 aromatic rings. The molecule has 0 aliphatic carbocycles. The van der Waals surface area contributed by atoms with Crippen molar-refractivity contribution >= 4 is 17.1 Å². The predicted octanol–water partition coefficient (Wildman–Crippen LogP) is 2.03. The first-order valence-electron chi connectivity index (χ1n) is 8.54. The lowest BCUT2D eigenvalue weighted by Crippen LogP contribution is -2.40. The third-order valence-corrected chi connectivity index (χ3v) is 4.52. The summed E-state index contributed by atoms with van der Waals surface area (Å²) in [6.45, 7) is 0.889. The van der Waals surface area contributed by atoms with Crippen LogP contribution >= 0.6 is 0 Å². The molecule has 10 heteroatoms. The van der Waals surface area contributed by atoms with Gasteiger partial charge in [0.25, 0.3) is 5.89 Å². The Kier molecular flexibility index (Phi) is 4.73. The summed E-state index contributed by atoms with van der Waals surface area (Å²) in [6, 6.07) is 3.40. The number of hydrogen-bond donors (Lipinski definition) is 2. The second-order valence-electron chi connectivity index (χ2n) is 6.23. The van der Waals surface area contributed by atoms with Gasteiger partial charge in [0.15, 0.2) is 11.6 Å². The number of piperidine rings is 1. The second-order valence-corrected chi connectivity index (χ2v) is 6.23. The summed E-state index contributed by atoms with van der Waals surface area (Å²) in [5.41, 5.74) is 1.09. The van der Waals surface area contributed by atoms with Gasteiger partial charge >= 0.3 is 6.09 Å². The fraction of sp³-hybridized carbons (Fsp3) is 0.412. The molecule has 1 amide bonds. The molecule has 3 aromatic heterocycles. The molecular weight excluding hydrogens is 356 g/mol. The third kappa shape index (κ3) is 3.62. The van der Waals surface area contributed by atoms with Crippen LogP contribution in [0.1, 0.15) is 24.4 Å². The maximum absolute atomic E-state index is 10.9. The molecule has 2 N–H and O–H groups in total. The molecular formula is C17H18N4O6. The van der Waals surface area contributed by atoms with Crippen LogP contribution in [0.25, 0.3) is 22.6 Å². The first kappa shape index (κ1) is 17.4. The van der Waals surface area contributed by atoms with Crippen LogP contribution in [0.3, 0.4) is 0 Å². The smallest absolute Gasteiger partial charge is 0.407 e. The van der Waals surface area contributed by atoms with E-state index in [0.29, 0.717) is 54.2 Å². The molecule has 0 aromatic carbocycles. The van der Waals surface area contributed by atoms with E-state index in [9.17, 15) is 9.90 Å². The van der Waals surface area contributed by atoms with E-state index in [1.807, 2.05) is 0 Å². The minimum absolute atomic E-state index is 0.0352. The lowest BCUT2D eigenvalue weighted by atomic mass is 10.1. The number of aromatic nitrogens is 3. The molecule has 1 saturated heterocycles. The van der Waals surface area contributed by atoms with E-state index in [-0.39, 0.29) is 25.2 Å². The van der Waals surface area contributed by atoms with E-state index < -0.39 is 6.09 Å². The highest BCUT2D eigenvalue weighted by atomic mass is 16.5. The van der Waals surface area contributed by atoms with Crippen molar-refractivity contribution in [3.05, 3.63) is 29.8 Å². The standard InChI is InChI=1S/C17H18N4O6/c22-8-12-11-7-14(26-13(11)1-4-18-12)16-19-15(20-27-16)9-25-10-2-5-21(6-3-10)17(23)24/h1,4,7,10,22H,2-3,5-6,8-9H2,(H,23,24). The summed E-state index contributed by atoms with van der Waals surface area (Å²) in [4.78, 5) is 20.7. The van der Waals surface area contributed by atoms with Gasteiger partial charge in [-0.2, -0.15) is 4.98 Å². The number of amides is 1. The summed E-state index contributed by atoms with van der Waals surface area (Å²) in [5.74, 6) is 0.988. The first-order valence-corrected chi connectivity index (χ1v) is 8.54. The lowest BCUT2D eigenvalue weighted by Gasteiger charge is -2.29. The SMILES string of the molecule is O=C(O)N1CCC(OCc2noc(-c3cc4c(CO)nccc4o3)n2)CC1. The van der Waals surface area contributed by atoms with Crippen molar-refractivity contribution in [1.82, 2.24) is 20.0 Å². The number of carboxylic acid groups (broad SMARTS) is 1. The van der Waals surface area contributed by atoms with Crippen LogP contribution in [0.2, 0.25) is 0 Å². The van der Waals surface area contributed by atoms with E-state index in [1.165, 1.54) is 4.90 Å². The number of ether oxygens (including phenoxy) is 1. The Morgan fingerprint density at radius 1 is 1.37 bits per heavy atom. The fourth-order valence-corrected chi connectivity index (χ4v) is 3.07. The summed E-state index contributed by atoms with van der Waals surface area (Å²) in [5, 5.41) is 22.9. The molecule has 27 heavy (non-hydrogen) atoms. The van der Waals surface area contributed by atoms with Crippen LogP contribution in [0.5, 0.6) is 0 Å². The Hall–Kier alpha value is -2.98. The van der Waals surface area contributed by atoms with Crippen molar-refractivity contribution in [3.63, 3.8) is 0 Å². The zero-order valence-electron chi connectivity index (χ0n) is 14.4. The van der Waals surface area contributed by atoms with E-state index >= 15 is 0 Å². The molecule has 1 aliphatic rings. The zero-order chi connectivity index (χ0) is 18.8. The highest BCUT2D eigenvalue weighted by Gasteiger charge is 2.23. The highest BCUT2D eigenvalue weighted by Crippen LogP contribution is 2.28. The van der Waals surface area contributed by atoms with Crippen molar-refractivity contribution in [2.75, 3.05) is 13.1 Å². The lowest BCUT2D eigenvalue weighted by molar-refractivity contribution is -0.00294. The number of likely N-dealkylation sites (tertiary alicyclic amines) is 1. The van der Waals surface area contributed by atoms with E-state index in [1.54, 1.807) is 18.3 Å². The number of fused-ring (bicyclic) bond motifs is 1. The number of hydrogen-bond acceptors (Lipinski definition) is 8. The molecule has 0 spiro atoms. The van der Waals surface area contributed by atoms with Crippen LogP contribution < -0.4 is 0 Å². The topological polar surface area (TPSA) is 135 Å². The Morgan fingerprint density at radius 3 is 2.93 bits per heavy atom. The summed E-state index contributed by atoms with van der Waals surface area (Å²) >= 11 is 0. The highest BCUT2D eigenvalue weighted by molar-refractivity contribution is 5.83. The zero-order valence-corrected chi connectivity index (χ0v) is 14.4. The Morgan fingerprint density at radius 2 is 2.19 bits per heavy atom. The number of carbonyl (C=O) groups is 1. The number of pyridine rings is 1. The monoisotopic (exact) mass is 374 g/mol. The minimum atomic E-state index is -0.901. The molecule has 0 saturated carbocycles. The van der Waals surface area contributed by atoms with Gasteiger partial charge in [0.2, 0.25) is 0 Å². The van der Waals surface area contributed by atoms with Gasteiger partial charge in [-0.3, -0.25) is 4.98 Å². The van der Waals surface area contributed by atoms with Gasteiger partial charge in [-0.05, 0) is 25.0 Å². The maximum atomic E-state index is 10.9. The minimum Gasteiger partial charge on any atom is -0.465 e. The molecule has 1 aliphatic heterocycles. The summed E-state index contributed by atoms with van der Waals surface area (Å²) < 4.78 is 16.7. The number of rotatable bonds is 5.